The highest BCUT2D eigenvalue weighted by Crippen LogP contribution is 2.38. The molecule has 2 aromatic carbocycles. The lowest BCUT2D eigenvalue weighted by atomic mass is 9.95. The van der Waals surface area contributed by atoms with Gasteiger partial charge in [0, 0.05) is 41.9 Å². The van der Waals surface area contributed by atoms with E-state index in [9.17, 15) is 9.59 Å². The van der Waals surface area contributed by atoms with E-state index in [-0.39, 0.29) is 30.3 Å². The third-order valence-corrected chi connectivity index (χ3v) is 7.12. The second kappa shape index (κ2) is 18.1. The number of carbonyl (C=O) groups excluding carboxylic acids is 2. The Morgan fingerprint density at radius 1 is 1.00 bits per heavy atom. The van der Waals surface area contributed by atoms with Gasteiger partial charge in [0.25, 0.3) is 5.91 Å². The van der Waals surface area contributed by atoms with Gasteiger partial charge in [-0.3, -0.25) is 9.59 Å². The number of hydrogen-bond donors (Lipinski definition) is 4. The Morgan fingerprint density at radius 2 is 1.68 bits per heavy atom. The maximum atomic E-state index is 13.2. The number of hydrogen-bond acceptors (Lipinski definition) is 6. The number of rotatable bonds is 10. The Bertz CT molecular complexity index is 1410. The predicted molar refractivity (Wildman–Crippen MR) is 175 cm³/mol. The zero-order valence-electron chi connectivity index (χ0n) is 25.1. The van der Waals surface area contributed by atoms with Crippen LogP contribution in [0.5, 0.6) is 5.75 Å². The zero-order chi connectivity index (χ0) is 31.4. The highest BCUT2D eigenvalue weighted by molar-refractivity contribution is 6.32. The summed E-state index contributed by atoms with van der Waals surface area (Å²) in [7, 11) is 4.05. The molecule has 1 fully saturated rings. The van der Waals surface area contributed by atoms with Crippen LogP contribution >= 0.6 is 24.0 Å². The summed E-state index contributed by atoms with van der Waals surface area (Å²) in [4.78, 5) is 40.7. The number of benzene rings is 2. The minimum absolute atomic E-state index is 0. The first kappa shape index (κ1) is 36.3. The highest BCUT2D eigenvalue weighted by Gasteiger charge is 2.21. The summed E-state index contributed by atoms with van der Waals surface area (Å²) in [6.07, 6.45) is 4.49. The van der Waals surface area contributed by atoms with E-state index in [1.165, 1.54) is 13.3 Å². The molecule has 12 heteroatoms. The Morgan fingerprint density at radius 3 is 2.34 bits per heavy atom. The molecule has 1 saturated carbocycles. The van der Waals surface area contributed by atoms with Crippen molar-refractivity contribution in [3.63, 3.8) is 0 Å². The van der Waals surface area contributed by atoms with E-state index in [2.05, 4.69) is 15.5 Å². The molecule has 4 rings (SSSR count). The molecule has 0 bridgehead atoms. The van der Waals surface area contributed by atoms with Crippen molar-refractivity contribution in [3.8, 4) is 28.1 Å². The first-order valence-electron chi connectivity index (χ1n) is 14.2. The van der Waals surface area contributed by atoms with Crippen LogP contribution in [0.15, 0.2) is 54.6 Å². The van der Waals surface area contributed by atoms with Gasteiger partial charge >= 0.3 is 6.16 Å². The maximum absolute atomic E-state index is 13.2. The van der Waals surface area contributed by atoms with Crippen LogP contribution in [-0.4, -0.2) is 71.4 Å². The van der Waals surface area contributed by atoms with E-state index < -0.39 is 6.16 Å². The largest absolute Gasteiger partial charge is 0.503 e. The maximum Gasteiger partial charge on any atom is 0.503 e. The van der Waals surface area contributed by atoms with Crippen molar-refractivity contribution in [2.45, 2.75) is 51.5 Å². The fourth-order valence-electron chi connectivity index (χ4n) is 4.87. The normalized spacial score (nSPS) is 12.8. The van der Waals surface area contributed by atoms with Crippen LogP contribution in [0, 0.1) is 0 Å². The van der Waals surface area contributed by atoms with Crippen molar-refractivity contribution >= 4 is 47.7 Å². The van der Waals surface area contributed by atoms with Crippen molar-refractivity contribution in [3.05, 3.63) is 65.3 Å². The average molecular weight is 648 g/mol. The van der Waals surface area contributed by atoms with Crippen molar-refractivity contribution < 1.29 is 29.3 Å². The molecule has 10 nitrogen and oxygen atoms in total. The molecule has 1 aliphatic carbocycles. The zero-order valence-corrected chi connectivity index (χ0v) is 26.7. The van der Waals surface area contributed by atoms with Crippen LogP contribution in [-0.2, 0) is 4.79 Å². The van der Waals surface area contributed by atoms with Gasteiger partial charge in [0.1, 0.15) is 11.4 Å². The quantitative estimate of drug-likeness (QED) is 0.171. The Hall–Kier alpha value is -3.86. The number of nitrogens with zero attached hydrogens (tertiary/aromatic N) is 2. The number of anilines is 1. The van der Waals surface area contributed by atoms with E-state index >= 15 is 0 Å². The molecular weight excluding hydrogens is 607 g/mol. The lowest BCUT2D eigenvalue weighted by Gasteiger charge is -2.23. The van der Waals surface area contributed by atoms with Crippen molar-refractivity contribution in [2.24, 2.45) is 0 Å². The molecule has 0 unspecified atom stereocenters. The second-order valence-corrected chi connectivity index (χ2v) is 11.0. The molecule has 3 aromatic rings. The third-order valence-electron chi connectivity index (χ3n) is 6.81. The molecule has 1 aliphatic rings. The van der Waals surface area contributed by atoms with Gasteiger partial charge in [0.2, 0.25) is 5.91 Å². The fourth-order valence-corrected chi connectivity index (χ4v) is 5.04. The van der Waals surface area contributed by atoms with E-state index in [0.717, 1.165) is 55.3 Å². The van der Waals surface area contributed by atoms with Gasteiger partial charge in [-0.2, -0.15) is 0 Å². The summed E-state index contributed by atoms with van der Waals surface area (Å²) < 4.78 is 6.03. The van der Waals surface area contributed by atoms with Gasteiger partial charge < -0.3 is 30.5 Å². The minimum Gasteiger partial charge on any atom is -0.492 e. The number of halogens is 2. The Labute approximate surface area is 269 Å². The number of nitrogens with one attached hydrogen (secondary N) is 2. The van der Waals surface area contributed by atoms with Gasteiger partial charge in [0.15, 0.2) is 0 Å². The van der Waals surface area contributed by atoms with Crippen LogP contribution < -0.4 is 15.4 Å². The predicted octanol–water partition coefficient (Wildman–Crippen LogP) is 7.06. The van der Waals surface area contributed by atoms with E-state index in [1.807, 2.05) is 56.6 Å². The smallest absolute Gasteiger partial charge is 0.492 e. The number of aromatic nitrogens is 1. The van der Waals surface area contributed by atoms with Crippen molar-refractivity contribution in [1.29, 1.82) is 0 Å². The summed E-state index contributed by atoms with van der Waals surface area (Å²) in [6, 6.07) is 16.9. The molecule has 238 valence electrons. The minimum atomic E-state index is -1.83. The Kier molecular flexibility index (Phi) is 14.9. The van der Waals surface area contributed by atoms with Crippen LogP contribution in [0.25, 0.3) is 22.4 Å². The SMILES string of the molecule is CC(=O)Nc1ccccc1-c1ccc(C(=O)NC2CCCCC2)nc1-c1ccc(Cl)c(OCCCN(C)C)c1.Cl.O=C(O)O. The molecule has 0 spiro atoms. The monoisotopic (exact) mass is 646 g/mol. The van der Waals surface area contributed by atoms with Gasteiger partial charge in [-0.15, -0.1) is 12.4 Å². The molecule has 0 saturated heterocycles. The third kappa shape index (κ3) is 11.3. The lowest BCUT2D eigenvalue weighted by molar-refractivity contribution is -0.114. The van der Waals surface area contributed by atoms with Crippen LogP contribution in [0.1, 0.15) is 55.9 Å². The first-order chi connectivity index (χ1) is 20.5. The Balaban J connectivity index is 0.00000127. The molecular formula is C32H40Cl2N4O6. The van der Waals surface area contributed by atoms with E-state index in [1.54, 1.807) is 12.1 Å². The number of pyridine rings is 1. The van der Waals surface area contributed by atoms with Crippen LogP contribution in [0.4, 0.5) is 10.5 Å². The number of carboxylic acid groups (broad SMARTS) is 2. The lowest BCUT2D eigenvalue weighted by Crippen LogP contribution is -2.36. The summed E-state index contributed by atoms with van der Waals surface area (Å²) in [5, 5.41) is 20.5. The summed E-state index contributed by atoms with van der Waals surface area (Å²) in [6.45, 7) is 2.91. The van der Waals surface area contributed by atoms with Gasteiger partial charge in [-0.25, -0.2) is 9.78 Å². The van der Waals surface area contributed by atoms with Crippen molar-refractivity contribution in [2.75, 3.05) is 32.6 Å². The van der Waals surface area contributed by atoms with Gasteiger partial charge in [0.05, 0.1) is 17.3 Å². The standard InChI is InChI=1S/C31H37ClN4O3.CH2O3.ClH/c1-21(37)33-27-13-8-7-12-24(27)25-15-17-28(31(38)34-23-10-5-4-6-11-23)35-30(25)22-14-16-26(32)29(20-22)39-19-9-18-36(2)3;2-1(3)4;/h7-8,12-17,20,23H,4-6,9-11,18-19H2,1-3H3,(H,33,37)(H,34,38);(H2,2,3,4);1H. The van der Waals surface area contributed by atoms with Crippen LogP contribution in [0.2, 0.25) is 5.02 Å². The molecule has 1 aromatic heterocycles. The summed E-state index contributed by atoms with van der Waals surface area (Å²) in [5.41, 5.74) is 3.98. The molecule has 1 heterocycles. The number of ether oxygens (including phenoxy) is 1. The first-order valence-corrected chi connectivity index (χ1v) is 14.6. The van der Waals surface area contributed by atoms with Gasteiger partial charge in [-0.05, 0) is 63.7 Å². The van der Waals surface area contributed by atoms with Crippen LogP contribution in [0.3, 0.4) is 0 Å². The van der Waals surface area contributed by atoms with Gasteiger partial charge in [-0.1, -0.05) is 55.1 Å². The average Bonchev–Trinajstić information content (AvgIpc) is 2.96. The molecule has 0 atom stereocenters. The molecule has 0 aliphatic heterocycles. The topological polar surface area (TPSA) is 141 Å². The molecule has 0 radical (unpaired) electrons. The number of carbonyl (C=O) groups is 3. The number of amides is 2. The second-order valence-electron chi connectivity index (χ2n) is 10.6. The number of para-hydroxylation sites is 1. The summed E-state index contributed by atoms with van der Waals surface area (Å²) >= 11 is 6.49. The molecule has 44 heavy (non-hydrogen) atoms. The summed E-state index contributed by atoms with van der Waals surface area (Å²) in [5.74, 6) is 0.215. The molecule has 2 amide bonds. The van der Waals surface area contributed by atoms with Crippen molar-refractivity contribution in [1.82, 2.24) is 15.2 Å². The fraction of sp³-hybridized carbons (Fsp3) is 0.375. The highest BCUT2D eigenvalue weighted by atomic mass is 35.5. The van der Waals surface area contributed by atoms with E-state index in [0.29, 0.717) is 34.5 Å². The van der Waals surface area contributed by atoms with E-state index in [4.69, 9.17) is 36.3 Å². The molecule has 4 N–H and O–H groups in total.